The minimum atomic E-state index is -3.72. The number of anilines is 1. The molecular weight excluding hydrogens is 372 g/mol. The average molecular weight is 395 g/mol. The minimum Gasteiger partial charge on any atom is -0.350 e. The molecule has 2 N–H and O–H groups in total. The normalized spacial score (nSPS) is 12.5. The molecule has 1 amide bonds. The molecule has 2 rings (SSSR count). The maximum Gasteiger partial charge on any atom is 0.261 e. The van der Waals surface area contributed by atoms with Gasteiger partial charge in [-0.2, -0.15) is 0 Å². The van der Waals surface area contributed by atoms with E-state index in [0.29, 0.717) is 11.3 Å². The summed E-state index contributed by atoms with van der Waals surface area (Å²) in [5.41, 5.74) is 1.58. The van der Waals surface area contributed by atoms with Gasteiger partial charge in [0.25, 0.3) is 15.9 Å². The fourth-order valence-electron chi connectivity index (χ4n) is 2.50. The number of nitrogens with one attached hydrogen (secondary N) is 2. The highest BCUT2D eigenvalue weighted by atomic mass is 35.5. The number of rotatable bonds is 7. The summed E-state index contributed by atoms with van der Waals surface area (Å²) < 4.78 is 27.3. The predicted molar refractivity (Wildman–Crippen MR) is 105 cm³/mol. The number of amides is 1. The molecule has 0 unspecified atom stereocenters. The largest absolute Gasteiger partial charge is 0.350 e. The van der Waals surface area contributed by atoms with Crippen molar-refractivity contribution in [3.63, 3.8) is 0 Å². The van der Waals surface area contributed by atoms with Gasteiger partial charge in [0.2, 0.25) is 0 Å². The van der Waals surface area contributed by atoms with Gasteiger partial charge in [-0.05, 0) is 50.6 Å². The smallest absolute Gasteiger partial charge is 0.261 e. The molecule has 0 aliphatic carbocycles. The lowest BCUT2D eigenvalue weighted by Gasteiger charge is -2.14. The summed E-state index contributed by atoms with van der Waals surface area (Å²) in [6.45, 7) is 5.86. The summed E-state index contributed by atoms with van der Waals surface area (Å²) in [6, 6.07) is 11.1. The van der Waals surface area contributed by atoms with Crippen molar-refractivity contribution in [1.82, 2.24) is 5.32 Å². The van der Waals surface area contributed by atoms with Crippen molar-refractivity contribution in [2.75, 3.05) is 4.72 Å². The zero-order chi connectivity index (χ0) is 19.3. The maximum atomic E-state index is 12.4. The second-order valence-corrected chi connectivity index (χ2v) is 8.37. The summed E-state index contributed by atoms with van der Waals surface area (Å²) in [6.07, 6.45) is 1.84. The van der Waals surface area contributed by atoms with Crippen LogP contribution in [0, 0.1) is 6.92 Å². The number of halogens is 1. The molecule has 0 heterocycles. The Kier molecular flexibility index (Phi) is 6.67. The highest BCUT2D eigenvalue weighted by Gasteiger charge is 2.17. The second kappa shape index (κ2) is 8.56. The van der Waals surface area contributed by atoms with Crippen molar-refractivity contribution in [2.45, 2.75) is 44.6 Å². The molecule has 0 saturated heterocycles. The molecule has 7 heteroatoms. The van der Waals surface area contributed by atoms with Crippen molar-refractivity contribution < 1.29 is 13.2 Å². The van der Waals surface area contributed by atoms with Gasteiger partial charge in [0.05, 0.1) is 21.2 Å². The Morgan fingerprint density at radius 2 is 1.81 bits per heavy atom. The molecule has 0 radical (unpaired) electrons. The first-order valence-electron chi connectivity index (χ1n) is 8.43. The van der Waals surface area contributed by atoms with Gasteiger partial charge in [-0.15, -0.1) is 0 Å². The zero-order valence-corrected chi connectivity index (χ0v) is 16.6. The van der Waals surface area contributed by atoms with E-state index in [1.54, 1.807) is 12.1 Å². The fourth-order valence-corrected chi connectivity index (χ4v) is 3.82. The van der Waals surface area contributed by atoms with E-state index in [-0.39, 0.29) is 21.9 Å². The SMILES string of the molecule is CCC[C@H](C)NC(=O)c1ccc(NS(=O)(=O)c2ccc(C)cc2)cc1Cl. The Balaban J connectivity index is 2.16. The van der Waals surface area contributed by atoms with E-state index >= 15 is 0 Å². The van der Waals surface area contributed by atoms with Crippen molar-refractivity contribution in [1.29, 1.82) is 0 Å². The standard InChI is InChI=1S/C19H23ClN2O3S/c1-4-5-14(3)21-19(23)17-11-8-15(12-18(17)20)22-26(24,25)16-9-6-13(2)7-10-16/h6-12,14,22H,4-5H2,1-3H3,(H,21,23)/t14-/m0/s1. The van der Waals surface area contributed by atoms with Crippen LogP contribution in [-0.2, 0) is 10.0 Å². The molecule has 140 valence electrons. The van der Waals surface area contributed by atoms with Gasteiger partial charge >= 0.3 is 0 Å². The molecule has 2 aromatic carbocycles. The summed E-state index contributed by atoms with van der Waals surface area (Å²) in [5, 5.41) is 3.06. The van der Waals surface area contributed by atoms with Crippen LogP contribution in [0.1, 0.15) is 42.6 Å². The summed E-state index contributed by atoms with van der Waals surface area (Å²) in [7, 11) is -3.72. The van der Waals surface area contributed by atoms with Crippen LogP contribution in [0.4, 0.5) is 5.69 Å². The summed E-state index contributed by atoms with van der Waals surface area (Å²) in [4.78, 5) is 12.4. The van der Waals surface area contributed by atoms with Gasteiger partial charge in [0, 0.05) is 6.04 Å². The van der Waals surface area contributed by atoms with Gasteiger partial charge < -0.3 is 5.32 Å². The second-order valence-electron chi connectivity index (χ2n) is 6.28. The molecular formula is C19H23ClN2O3S. The first-order chi connectivity index (χ1) is 12.2. The highest BCUT2D eigenvalue weighted by Crippen LogP contribution is 2.23. The molecule has 1 atom stereocenters. The molecule has 0 spiro atoms. The fraction of sp³-hybridized carbons (Fsp3) is 0.316. The number of aryl methyl sites for hydroxylation is 1. The monoisotopic (exact) mass is 394 g/mol. The van der Waals surface area contributed by atoms with E-state index in [9.17, 15) is 13.2 Å². The van der Waals surface area contributed by atoms with Crippen molar-refractivity contribution in [2.24, 2.45) is 0 Å². The van der Waals surface area contributed by atoms with E-state index in [1.807, 2.05) is 20.8 Å². The van der Waals surface area contributed by atoms with Gasteiger partial charge in [-0.3, -0.25) is 9.52 Å². The van der Waals surface area contributed by atoms with E-state index in [1.165, 1.54) is 30.3 Å². The molecule has 2 aromatic rings. The zero-order valence-electron chi connectivity index (χ0n) is 15.0. The highest BCUT2D eigenvalue weighted by molar-refractivity contribution is 7.92. The van der Waals surface area contributed by atoms with E-state index in [0.717, 1.165) is 18.4 Å². The molecule has 0 aliphatic heterocycles. The van der Waals surface area contributed by atoms with Crippen LogP contribution in [-0.4, -0.2) is 20.4 Å². The molecule has 5 nitrogen and oxygen atoms in total. The third-order valence-corrected chi connectivity index (χ3v) is 5.61. The average Bonchev–Trinajstić information content (AvgIpc) is 2.55. The van der Waals surface area contributed by atoms with Crippen LogP contribution >= 0.6 is 11.6 Å². The van der Waals surface area contributed by atoms with Gasteiger partial charge in [0.15, 0.2) is 0 Å². The third-order valence-electron chi connectivity index (χ3n) is 3.90. The van der Waals surface area contributed by atoms with Crippen LogP contribution in [0.25, 0.3) is 0 Å². The number of hydrogen-bond donors (Lipinski definition) is 2. The van der Waals surface area contributed by atoms with E-state index in [4.69, 9.17) is 11.6 Å². The Bertz CT molecular complexity index is 880. The van der Waals surface area contributed by atoms with Gasteiger partial charge in [-0.1, -0.05) is 42.6 Å². The molecule has 0 bridgehead atoms. The quantitative estimate of drug-likeness (QED) is 0.732. The lowest BCUT2D eigenvalue weighted by Crippen LogP contribution is -2.32. The lowest BCUT2D eigenvalue weighted by molar-refractivity contribution is 0.0938. The van der Waals surface area contributed by atoms with Crippen molar-refractivity contribution in [3.8, 4) is 0 Å². The van der Waals surface area contributed by atoms with Gasteiger partial charge in [0.1, 0.15) is 0 Å². The minimum absolute atomic E-state index is 0.0447. The Morgan fingerprint density at radius 1 is 1.15 bits per heavy atom. The molecule has 26 heavy (non-hydrogen) atoms. The van der Waals surface area contributed by atoms with Crippen molar-refractivity contribution in [3.05, 3.63) is 58.6 Å². The van der Waals surface area contributed by atoms with Gasteiger partial charge in [-0.25, -0.2) is 8.42 Å². The van der Waals surface area contributed by atoms with Crippen LogP contribution in [0.3, 0.4) is 0 Å². The molecule has 0 fully saturated rings. The Morgan fingerprint density at radius 3 is 2.38 bits per heavy atom. The third kappa shape index (κ3) is 5.22. The first kappa shape index (κ1) is 20.3. The van der Waals surface area contributed by atoms with Crippen molar-refractivity contribution >= 4 is 33.2 Å². The topological polar surface area (TPSA) is 75.3 Å². The van der Waals surface area contributed by atoms with Crippen LogP contribution < -0.4 is 10.0 Å². The Hall–Kier alpha value is -2.05. The Labute approximate surface area is 159 Å². The number of benzene rings is 2. The predicted octanol–water partition coefficient (Wildman–Crippen LogP) is 4.37. The first-order valence-corrected chi connectivity index (χ1v) is 10.3. The van der Waals surface area contributed by atoms with Crippen LogP contribution in [0.15, 0.2) is 47.4 Å². The lowest BCUT2D eigenvalue weighted by atomic mass is 10.1. The summed E-state index contributed by atoms with van der Waals surface area (Å²) >= 11 is 6.18. The molecule has 0 aromatic heterocycles. The maximum absolute atomic E-state index is 12.4. The van der Waals surface area contributed by atoms with Crippen LogP contribution in [0.2, 0.25) is 5.02 Å². The number of carbonyl (C=O) groups excluding carboxylic acids is 1. The number of sulfonamides is 1. The van der Waals surface area contributed by atoms with E-state index < -0.39 is 10.0 Å². The number of hydrogen-bond acceptors (Lipinski definition) is 3. The number of carbonyl (C=O) groups is 1. The van der Waals surface area contributed by atoms with E-state index in [2.05, 4.69) is 10.0 Å². The molecule has 0 saturated carbocycles. The molecule has 0 aliphatic rings. The van der Waals surface area contributed by atoms with Crippen LogP contribution in [0.5, 0.6) is 0 Å². The summed E-state index contributed by atoms with van der Waals surface area (Å²) in [5.74, 6) is -0.274.